The summed E-state index contributed by atoms with van der Waals surface area (Å²) < 4.78 is 19.4. The molecule has 0 N–H and O–H groups in total. The lowest BCUT2D eigenvalue weighted by Crippen LogP contribution is -2.36. The largest absolute Gasteiger partial charge is 0.477 e. The number of aryl methyl sites for hydroxylation is 1. The monoisotopic (exact) mass is 302 g/mol. The molecule has 1 aliphatic heterocycles. The molecule has 0 radical (unpaired) electrons. The van der Waals surface area contributed by atoms with Gasteiger partial charge >= 0.3 is 0 Å². The molecule has 0 aliphatic carbocycles. The Morgan fingerprint density at radius 1 is 1.32 bits per heavy atom. The molecular weight excluding hydrogens is 283 g/mol. The summed E-state index contributed by atoms with van der Waals surface area (Å²) in [5.41, 5.74) is 0.951. The molecule has 0 saturated carbocycles. The zero-order valence-corrected chi connectivity index (χ0v) is 12.6. The van der Waals surface area contributed by atoms with Crippen molar-refractivity contribution in [2.75, 3.05) is 24.6 Å². The predicted molar refractivity (Wildman–Crippen MR) is 81.4 cm³/mol. The molecule has 0 bridgehead atoms. The van der Waals surface area contributed by atoms with Gasteiger partial charge in [-0.25, -0.2) is 19.3 Å². The van der Waals surface area contributed by atoms with E-state index >= 15 is 0 Å². The first kappa shape index (κ1) is 14.7. The van der Waals surface area contributed by atoms with Gasteiger partial charge < -0.3 is 9.64 Å². The summed E-state index contributed by atoms with van der Waals surface area (Å²) >= 11 is 0. The minimum atomic E-state index is -0.360. The second-order valence-electron chi connectivity index (χ2n) is 5.55. The van der Waals surface area contributed by atoms with Crippen LogP contribution in [0, 0.1) is 18.7 Å². The first-order valence-electron chi connectivity index (χ1n) is 7.49. The lowest BCUT2D eigenvalue weighted by Gasteiger charge is -2.32. The van der Waals surface area contributed by atoms with Crippen LogP contribution in [0.15, 0.2) is 30.7 Å². The topological polar surface area (TPSA) is 51.1 Å². The summed E-state index contributed by atoms with van der Waals surface area (Å²) in [5.74, 6) is 1.17. The molecule has 0 aromatic carbocycles. The van der Waals surface area contributed by atoms with Gasteiger partial charge in [0.05, 0.1) is 12.8 Å². The van der Waals surface area contributed by atoms with Crippen molar-refractivity contribution in [2.45, 2.75) is 19.8 Å². The average Bonchev–Trinajstić information content (AvgIpc) is 2.54. The van der Waals surface area contributed by atoms with Crippen LogP contribution in [0.3, 0.4) is 0 Å². The Balaban J connectivity index is 1.51. The van der Waals surface area contributed by atoms with E-state index in [1.165, 1.54) is 12.5 Å². The number of halogens is 1. The van der Waals surface area contributed by atoms with Gasteiger partial charge in [0.15, 0.2) is 11.6 Å². The molecule has 3 rings (SSSR count). The van der Waals surface area contributed by atoms with Gasteiger partial charge in [-0.1, -0.05) is 6.07 Å². The van der Waals surface area contributed by atoms with Gasteiger partial charge in [-0.15, -0.1) is 0 Å². The van der Waals surface area contributed by atoms with Gasteiger partial charge in [0, 0.05) is 24.8 Å². The highest BCUT2D eigenvalue weighted by Crippen LogP contribution is 2.23. The van der Waals surface area contributed by atoms with E-state index in [-0.39, 0.29) is 5.82 Å². The van der Waals surface area contributed by atoms with Crippen molar-refractivity contribution >= 4 is 5.82 Å². The molecule has 5 nitrogen and oxygen atoms in total. The van der Waals surface area contributed by atoms with E-state index < -0.39 is 0 Å². The quantitative estimate of drug-likeness (QED) is 0.869. The third-order valence-electron chi connectivity index (χ3n) is 3.89. The van der Waals surface area contributed by atoms with Crippen molar-refractivity contribution in [3.63, 3.8) is 0 Å². The lowest BCUT2D eigenvalue weighted by atomic mass is 9.98. The summed E-state index contributed by atoms with van der Waals surface area (Å²) in [4.78, 5) is 14.0. The van der Waals surface area contributed by atoms with E-state index in [1.54, 1.807) is 0 Å². The van der Waals surface area contributed by atoms with E-state index in [4.69, 9.17) is 4.74 Å². The van der Waals surface area contributed by atoms with Crippen molar-refractivity contribution in [2.24, 2.45) is 5.92 Å². The standard InChI is InChI=1S/C16H19FN4O/c1-12-3-2-4-15(20-12)22-10-13-5-7-21(8-6-13)16-14(17)9-18-11-19-16/h2-4,9,11,13H,5-8,10H2,1H3. The highest BCUT2D eigenvalue weighted by Gasteiger charge is 2.22. The number of nitrogens with zero attached hydrogens (tertiary/aromatic N) is 4. The summed E-state index contributed by atoms with van der Waals surface area (Å²) in [6.07, 6.45) is 4.50. The Morgan fingerprint density at radius 3 is 2.86 bits per heavy atom. The fourth-order valence-corrected chi connectivity index (χ4v) is 2.65. The number of aromatic nitrogens is 3. The van der Waals surface area contributed by atoms with Crippen LogP contribution in [-0.2, 0) is 0 Å². The maximum atomic E-state index is 13.7. The first-order valence-corrected chi connectivity index (χ1v) is 7.49. The summed E-state index contributed by atoms with van der Waals surface area (Å²) in [7, 11) is 0. The normalized spacial score (nSPS) is 15.8. The van der Waals surface area contributed by atoms with Crippen LogP contribution in [0.25, 0.3) is 0 Å². The van der Waals surface area contributed by atoms with E-state index in [9.17, 15) is 4.39 Å². The molecule has 0 spiro atoms. The van der Waals surface area contributed by atoms with Crippen LogP contribution in [-0.4, -0.2) is 34.6 Å². The maximum absolute atomic E-state index is 13.7. The number of hydrogen-bond acceptors (Lipinski definition) is 5. The molecule has 0 unspecified atom stereocenters. The molecule has 1 aliphatic rings. The molecule has 6 heteroatoms. The van der Waals surface area contributed by atoms with E-state index in [0.717, 1.165) is 31.6 Å². The van der Waals surface area contributed by atoms with E-state index in [0.29, 0.717) is 24.2 Å². The molecule has 3 heterocycles. The van der Waals surface area contributed by atoms with Crippen LogP contribution in [0.1, 0.15) is 18.5 Å². The molecule has 22 heavy (non-hydrogen) atoms. The number of pyridine rings is 1. The third-order valence-corrected chi connectivity index (χ3v) is 3.89. The van der Waals surface area contributed by atoms with Crippen LogP contribution in [0.2, 0.25) is 0 Å². The average molecular weight is 302 g/mol. The van der Waals surface area contributed by atoms with Gasteiger partial charge in [-0.05, 0) is 31.7 Å². The second-order valence-corrected chi connectivity index (χ2v) is 5.55. The third kappa shape index (κ3) is 3.50. The van der Waals surface area contributed by atoms with Gasteiger partial charge in [0.1, 0.15) is 6.33 Å². The molecule has 2 aromatic rings. The fourth-order valence-electron chi connectivity index (χ4n) is 2.65. The van der Waals surface area contributed by atoms with Crippen molar-refractivity contribution in [1.82, 2.24) is 15.0 Å². The van der Waals surface area contributed by atoms with Crippen molar-refractivity contribution in [3.8, 4) is 5.88 Å². The minimum Gasteiger partial charge on any atom is -0.477 e. The summed E-state index contributed by atoms with van der Waals surface area (Å²) in [6.45, 7) is 4.16. The Kier molecular flexibility index (Phi) is 4.46. The summed E-state index contributed by atoms with van der Waals surface area (Å²) in [5, 5.41) is 0. The number of piperidine rings is 1. The number of hydrogen-bond donors (Lipinski definition) is 0. The first-order chi connectivity index (χ1) is 10.7. The number of rotatable bonds is 4. The van der Waals surface area contributed by atoms with Crippen molar-refractivity contribution < 1.29 is 9.13 Å². The Labute approximate surface area is 129 Å². The summed E-state index contributed by atoms with van der Waals surface area (Å²) in [6, 6.07) is 5.76. The van der Waals surface area contributed by atoms with Gasteiger partial charge in [-0.3, -0.25) is 0 Å². The van der Waals surface area contributed by atoms with Crippen LogP contribution >= 0.6 is 0 Å². The zero-order valence-electron chi connectivity index (χ0n) is 12.6. The smallest absolute Gasteiger partial charge is 0.213 e. The molecule has 0 atom stereocenters. The highest BCUT2D eigenvalue weighted by molar-refractivity contribution is 5.38. The number of anilines is 1. The molecule has 1 saturated heterocycles. The van der Waals surface area contributed by atoms with E-state index in [2.05, 4.69) is 15.0 Å². The fraction of sp³-hybridized carbons (Fsp3) is 0.438. The van der Waals surface area contributed by atoms with Gasteiger partial charge in [0.25, 0.3) is 0 Å². The molecule has 116 valence electrons. The minimum absolute atomic E-state index is 0.360. The highest BCUT2D eigenvalue weighted by atomic mass is 19.1. The molecular formula is C16H19FN4O. The van der Waals surface area contributed by atoms with Crippen LogP contribution < -0.4 is 9.64 Å². The Bertz CT molecular complexity index is 629. The molecule has 0 amide bonds. The number of ether oxygens (including phenoxy) is 1. The van der Waals surface area contributed by atoms with Crippen LogP contribution in [0.4, 0.5) is 10.2 Å². The van der Waals surface area contributed by atoms with Gasteiger partial charge in [-0.2, -0.15) is 0 Å². The molecule has 1 fully saturated rings. The van der Waals surface area contributed by atoms with Crippen molar-refractivity contribution in [3.05, 3.63) is 42.2 Å². The van der Waals surface area contributed by atoms with Gasteiger partial charge in [0.2, 0.25) is 5.88 Å². The Morgan fingerprint density at radius 2 is 2.14 bits per heavy atom. The second kappa shape index (κ2) is 6.68. The van der Waals surface area contributed by atoms with Crippen molar-refractivity contribution in [1.29, 1.82) is 0 Å². The lowest BCUT2D eigenvalue weighted by molar-refractivity contribution is 0.215. The predicted octanol–water partition coefficient (Wildman–Crippen LogP) is 2.61. The van der Waals surface area contributed by atoms with E-state index in [1.807, 2.05) is 30.0 Å². The van der Waals surface area contributed by atoms with Crippen LogP contribution in [0.5, 0.6) is 5.88 Å². The zero-order chi connectivity index (χ0) is 15.4. The Hall–Kier alpha value is -2.24. The maximum Gasteiger partial charge on any atom is 0.213 e. The SMILES string of the molecule is Cc1cccc(OCC2CCN(c3ncncc3F)CC2)n1. The molecule has 2 aromatic heterocycles.